The zero-order valence-corrected chi connectivity index (χ0v) is 12.6. The molecule has 19 heavy (non-hydrogen) atoms. The molecule has 6 nitrogen and oxygen atoms in total. The third kappa shape index (κ3) is 5.46. The Morgan fingerprint density at radius 2 is 2.00 bits per heavy atom. The van der Waals surface area contributed by atoms with Crippen molar-refractivity contribution in [3.63, 3.8) is 0 Å². The SMILES string of the molecule is CCN(CC1CC1)S(=O)(=O)N[C@@H](CC(C)C)C(=O)O. The monoisotopic (exact) mass is 292 g/mol. The summed E-state index contributed by atoms with van der Waals surface area (Å²) in [5.74, 6) is -0.577. The first-order valence-corrected chi connectivity index (χ1v) is 8.20. The van der Waals surface area contributed by atoms with E-state index in [2.05, 4.69) is 4.72 Å². The van der Waals surface area contributed by atoms with Crippen LogP contribution in [-0.4, -0.2) is 42.9 Å². The van der Waals surface area contributed by atoms with Crippen molar-refractivity contribution in [1.29, 1.82) is 0 Å². The van der Waals surface area contributed by atoms with E-state index in [1.807, 2.05) is 13.8 Å². The van der Waals surface area contributed by atoms with E-state index in [0.29, 0.717) is 19.0 Å². The molecule has 0 amide bonds. The van der Waals surface area contributed by atoms with E-state index in [0.717, 1.165) is 12.8 Å². The van der Waals surface area contributed by atoms with Gasteiger partial charge < -0.3 is 5.11 Å². The molecule has 0 unspecified atom stereocenters. The maximum atomic E-state index is 12.2. The summed E-state index contributed by atoms with van der Waals surface area (Å²) in [7, 11) is -3.71. The van der Waals surface area contributed by atoms with Crippen LogP contribution in [0.25, 0.3) is 0 Å². The molecule has 0 aromatic heterocycles. The van der Waals surface area contributed by atoms with Gasteiger partial charge in [-0.05, 0) is 31.1 Å². The van der Waals surface area contributed by atoms with Crippen LogP contribution in [0.5, 0.6) is 0 Å². The highest BCUT2D eigenvalue weighted by Crippen LogP contribution is 2.30. The maximum absolute atomic E-state index is 12.2. The Balaban J connectivity index is 2.70. The first-order valence-electron chi connectivity index (χ1n) is 6.76. The Hall–Kier alpha value is -0.660. The number of carboxylic acids is 1. The molecule has 112 valence electrons. The third-order valence-corrected chi connectivity index (χ3v) is 4.82. The molecule has 1 atom stereocenters. The van der Waals surface area contributed by atoms with Gasteiger partial charge in [-0.15, -0.1) is 0 Å². The third-order valence-electron chi connectivity index (χ3n) is 3.15. The van der Waals surface area contributed by atoms with Crippen LogP contribution in [0.1, 0.15) is 40.0 Å². The van der Waals surface area contributed by atoms with Gasteiger partial charge in [0.25, 0.3) is 10.2 Å². The smallest absolute Gasteiger partial charge is 0.321 e. The molecule has 0 aliphatic heterocycles. The van der Waals surface area contributed by atoms with Gasteiger partial charge in [-0.1, -0.05) is 20.8 Å². The van der Waals surface area contributed by atoms with Gasteiger partial charge in [0.1, 0.15) is 6.04 Å². The second-order valence-electron chi connectivity index (χ2n) is 5.54. The Morgan fingerprint density at radius 1 is 1.42 bits per heavy atom. The predicted octanol–water partition coefficient (Wildman–Crippen LogP) is 1.05. The predicted molar refractivity (Wildman–Crippen MR) is 72.9 cm³/mol. The lowest BCUT2D eigenvalue weighted by Gasteiger charge is -2.24. The van der Waals surface area contributed by atoms with Gasteiger partial charge in [0, 0.05) is 13.1 Å². The quantitative estimate of drug-likeness (QED) is 0.665. The molecular formula is C12H24N2O4S. The standard InChI is InChI=1S/C12H24N2O4S/c1-4-14(8-10-5-6-10)19(17,18)13-11(12(15)16)7-9(2)3/h9-11,13H,4-8H2,1-3H3,(H,15,16)/t11-/m0/s1. The molecule has 0 heterocycles. The van der Waals surface area contributed by atoms with Crippen LogP contribution >= 0.6 is 0 Å². The van der Waals surface area contributed by atoms with E-state index in [1.54, 1.807) is 6.92 Å². The summed E-state index contributed by atoms with van der Waals surface area (Å²) in [5, 5.41) is 9.09. The zero-order valence-electron chi connectivity index (χ0n) is 11.8. The van der Waals surface area contributed by atoms with Gasteiger partial charge in [0.15, 0.2) is 0 Å². The van der Waals surface area contributed by atoms with E-state index in [4.69, 9.17) is 5.11 Å². The molecule has 0 bridgehead atoms. The molecule has 1 fully saturated rings. The van der Waals surface area contributed by atoms with Crippen LogP contribution in [0.3, 0.4) is 0 Å². The molecule has 1 aliphatic rings. The summed E-state index contributed by atoms with van der Waals surface area (Å²) in [6.45, 7) is 6.34. The van der Waals surface area contributed by atoms with Crippen molar-refractivity contribution < 1.29 is 18.3 Å². The normalized spacial score (nSPS) is 17.9. The molecule has 0 spiro atoms. The minimum Gasteiger partial charge on any atom is -0.480 e. The Kier molecular flexibility index (Phi) is 5.76. The van der Waals surface area contributed by atoms with Crippen LogP contribution in [0.2, 0.25) is 0 Å². The molecule has 1 rings (SSSR count). The van der Waals surface area contributed by atoms with Gasteiger partial charge in [-0.2, -0.15) is 17.4 Å². The molecule has 1 aliphatic carbocycles. The fraction of sp³-hybridized carbons (Fsp3) is 0.917. The number of nitrogens with zero attached hydrogens (tertiary/aromatic N) is 1. The molecule has 0 aromatic carbocycles. The first kappa shape index (κ1) is 16.4. The largest absolute Gasteiger partial charge is 0.480 e. The molecule has 7 heteroatoms. The first-order chi connectivity index (χ1) is 8.76. The second kappa shape index (κ2) is 6.67. The highest BCUT2D eigenvalue weighted by Gasteiger charge is 2.32. The van der Waals surface area contributed by atoms with Crippen molar-refractivity contribution in [3.05, 3.63) is 0 Å². The van der Waals surface area contributed by atoms with Crippen LogP contribution in [0, 0.1) is 11.8 Å². The lowest BCUT2D eigenvalue weighted by atomic mass is 10.1. The Morgan fingerprint density at radius 3 is 2.37 bits per heavy atom. The van der Waals surface area contributed by atoms with Gasteiger partial charge in [0.05, 0.1) is 0 Å². The van der Waals surface area contributed by atoms with E-state index >= 15 is 0 Å². The van der Waals surface area contributed by atoms with Crippen LogP contribution in [0.15, 0.2) is 0 Å². The fourth-order valence-corrected chi connectivity index (χ4v) is 3.36. The lowest BCUT2D eigenvalue weighted by Crippen LogP contribution is -2.49. The fourth-order valence-electron chi connectivity index (χ4n) is 1.91. The van der Waals surface area contributed by atoms with Crippen molar-refractivity contribution in [1.82, 2.24) is 9.03 Å². The number of nitrogens with one attached hydrogen (secondary N) is 1. The van der Waals surface area contributed by atoms with Crippen LogP contribution in [-0.2, 0) is 15.0 Å². The molecule has 0 aromatic rings. The summed E-state index contributed by atoms with van der Waals surface area (Å²) in [6.07, 6.45) is 2.40. The molecule has 1 saturated carbocycles. The topological polar surface area (TPSA) is 86.7 Å². The Bertz CT molecular complexity index is 404. The van der Waals surface area contributed by atoms with Crippen molar-refractivity contribution in [2.24, 2.45) is 11.8 Å². The van der Waals surface area contributed by atoms with Crippen molar-refractivity contribution >= 4 is 16.2 Å². The number of hydrogen-bond acceptors (Lipinski definition) is 3. The van der Waals surface area contributed by atoms with Crippen molar-refractivity contribution in [2.45, 2.75) is 46.1 Å². The number of carbonyl (C=O) groups is 1. The van der Waals surface area contributed by atoms with E-state index in [-0.39, 0.29) is 12.3 Å². The Labute approximate surface area is 115 Å². The summed E-state index contributed by atoms with van der Waals surface area (Å²) >= 11 is 0. The van der Waals surface area contributed by atoms with Gasteiger partial charge in [-0.25, -0.2) is 0 Å². The number of carboxylic acid groups (broad SMARTS) is 1. The summed E-state index contributed by atoms with van der Waals surface area (Å²) < 4.78 is 28.0. The minimum absolute atomic E-state index is 0.113. The molecular weight excluding hydrogens is 268 g/mol. The van der Waals surface area contributed by atoms with E-state index < -0.39 is 22.2 Å². The van der Waals surface area contributed by atoms with Crippen molar-refractivity contribution in [3.8, 4) is 0 Å². The van der Waals surface area contributed by atoms with Gasteiger partial charge >= 0.3 is 5.97 Å². The minimum atomic E-state index is -3.71. The highest BCUT2D eigenvalue weighted by molar-refractivity contribution is 7.87. The number of hydrogen-bond donors (Lipinski definition) is 2. The number of rotatable bonds is 9. The average Bonchev–Trinajstić information content (AvgIpc) is 3.07. The van der Waals surface area contributed by atoms with Gasteiger partial charge in [-0.3, -0.25) is 4.79 Å². The molecule has 0 saturated heterocycles. The van der Waals surface area contributed by atoms with E-state index in [9.17, 15) is 13.2 Å². The lowest BCUT2D eigenvalue weighted by molar-refractivity contribution is -0.139. The average molecular weight is 292 g/mol. The van der Waals surface area contributed by atoms with Crippen LogP contribution in [0.4, 0.5) is 0 Å². The molecule has 0 radical (unpaired) electrons. The maximum Gasteiger partial charge on any atom is 0.321 e. The summed E-state index contributed by atoms with van der Waals surface area (Å²) in [5.41, 5.74) is 0. The van der Waals surface area contributed by atoms with Crippen LogP contribution < -0.4 is 4.72 Å². The highest BCUT2D eigenvalue weighted by atomic mass is 32.2. The van der Waals surface area contributed by atoms with Crippen molar-refractivity contribution in [2.75, 3.05) is 13.1 Å². The summed E-state index contributed by atoms with van der Waals surface area (Å²) in [6, 6.07) is -1.06. The second-order valence-corrected chi connectivity index (χ2v) is 7.24. The summed E-state index contributed by atoms with van der Waals surface area (Å²) in [4.78, 5) is 11.1. The van der Waals surface area contributed by atoms with Gasteiger partial charge in [0.2, 0.25) is 0 Å². The number of aliphatic carboxylic acids is 1. The van der Waals surface area contributed by atoms with E-state index in [1.165, 1.54) is 4.31 Å². The molecule has 2 N–H and O–H groups in total. The zero-order chi connectivity index (χ0) is 14.6.